The Labute approximate surface area is 370 Å². The third-order valence-corrected chi connectivity index (χ3v) is 12.9. The summed E-state index contributed by atoms with van der Waals surface area (Å²) in [5.74, 6) is 0. The first-order valence-electron chi connectivity index (χ1n) is 24.1. The average molecular weight is 831 g/mol. The van der Waals surface area contributed by atoms with Crippen LogP contribution in [0.5, 0.6) is 0 Å². The van der Waals surface area contributed by atoms with Gasteiger partial charge >= 0.3 is 0 Å². The SMILES string of the molecule is CCCCCCCCCCCc1c2nc(c(-c3ccc(CO)cc3)c3ccc([nH]3)c(CCCCCCCCCCC)c3ccc([nH]3)c(-c3ccc(CO)cc3)c3nc1C=C3)C=C2. The number of aromatic amines is 2. The third kappa shape index (κ3) is 11.7. The molecule has 0 radical (unpaired) electrons. The predicted molar refractivity (Wildman–Crippen MR) is 263 cm³/mol. The highest BCUT2D eigenvalue weighted by Gasteiger charge is 2.18. The topological polar surface area (TPSA) is 97.8 Å². The molecule has 2 aliphatic heterocycles. The first-order valence-corrected chi connectivity index (χ1v) is 24.1. The van der Waals surface area contributed by atoms with Crippen molar-refractivity contribution in [1.29, 1.82) is 0 Å². The van der Waals surface area contributed by atoms with E-state index in [0.717, 1.165) is 104 Å². The quantitative estimate of drug-likeness (QED) is 0.0456. The van der Waals surface area contributed by atoms with Crippen LogP contribution >= 0.6 is 0 Å². The number of aliphatic hydroxyl groups is 2. The molecule has 2 aromatic carbocycles. The Morgan fingerprint density at radius 1 is 0.371 bits per heavy atom. The van der Waals surface area contributed by atoms with Crippen LogP contribution in [0.2, 0.25) is 0 Å². The maximum Gasteiger partial charge on any atom is 0.0737 e. The van der Waals surface area contributed by atoms with Gasteiger partial charge < -0.3 is 20.2 Å². The Morgan fingerprint density at radius 3 is 1.10 bits per heavy atom. The molecule has 0 amide bonds. The number of hydrogen-bond acceptors (Lipinski definition) is 4. The van der Waals surface area contributed by atoms with E-state index in [0.29, 0.717) is 0 Å². The number of unbranched alkanes of at least 4 members (excludes halogenated alkanes) is 16. The second-order valence-corrected chi connectivity index (χ2v) is 17.6. The highest BCUT2D eigenvalue weighted by Crippen LogP contribution is 2.35. The molecule has 3 aromatic heterocycles. The second kappa shape index (κ2) is 23.4. The molecule has 8 bridgehead atoms. The molecular formula is C56H70N4O2. The molecule has 0 spiro atoms. The van der Waals surface area contributed by atoms with Gasteiger partial charge in [0.2, 0.25) is 0 Å². The van der Waals surface area contributed by atoms with Crippen molar-refractivity contribution in [3.63, 3.8) is 0 Å². The Hall–Kier alpha value is -5.04. The fourth-order valence-electron chi connectivity index (χ4n) is 9.24. The van der Waals surface area contributed by atoms with E-state index in [1.54, 1.807) is 0 Å². The largest absolute Gasteiger partial charge is 0.392 e. The van der Waals surface area contributed by atoms with E-state index in [-0.39, 0.29) is 13.2 Å². The highest BCUT2D eigenvalue weighted by atomic mass is 16.3. The van der Waals surface area contributed by atoms with Crippen LogP contribution in [0.4, 0.5) is 0 Å². The van der Waals surface area contributed by atoms with Crippen molar-refractivity contribution in [3.8, 4) is 22.3 Å². The van der Waals surface area contributed by atoms with E-state index in [4.69, 9.17) is 9.97 Å². The molecule has 0 saturated heterocycles. The van der Waals surface area contributed by atoms with Crippen LogP contribution in [0.15, 0.2) is 72.8 Å². The number of aryl methyl sites for hydroxylation is 1. The van der Waals surface area contributed by atoms with Gasteiger partial charge in [-0.25, -0.2) is 9.97 Å². The van der Waals surface area contributed by atoms with Gasteiger partial charge in [0, 0.05) is 38.8 Å². The summed E-state index contributed by atoms with van der Waals surface area (Å²) >= 11 is 0. The zero-order valence-electron chi connectivity index (χ0n) is 37.6. The first kappa shape index (κ1) is 45.0. The number of hydrogen-bond donors (Lipinski definition) is 4. The lowest BCUT2D eigenvalue weighted by Gasteiger charge is -2.08. The molecule has 5 heterocycles. The molecule has 5 aromatic rings. The van der Waals surface area contributed by atoms with Crippen molar-refractivity contribution in [3.05, 3.63) is 118 Å². The molecule has 4 N–H and O–H groups in total. The summed E-state index contributed by atoms with van der Waals surface area (Å²) in [5.41, 5.74) is 16.5. The Bertz CT molecular complexity index is 2270. The lowest BCUT2D eigenvalue weighted by Crippen LogP contribution is -1.96. The van der Waals surface area contributed by atoms with E-state index in [2.05, 4.69) is 96.7 Å². The van der Waals surface area contributed by atoms with Crippen molar-refractivity contribution in [2.24, 2.45) is 0 Å². The van der Waals surface area contributed by atoms with Crippen LogP contribution in [0.1, 0.15) is 174 Å². The number of nitrogens with zero attached hydrogens (tertiary/aromatic N) is 2. The number of fused-ring (bicyclic) bond motifs is 8. The van der Waals surface area contributed by atoms with Crippen molar-refractivity contribution in [2.75, 3.05) is 0 Å². The molecular weight excluding hydrogens is 761 g/mol. The van der Waals surface area contributed by atoms with E-state index in [9.17, 15) is 10.2 Å². The van der Waals surface area contributed by atoms with Crippen molar-refractivity contribution in [1.82, 2.24) is 19.9 Å². The van der Waals surface area contributed by atoms with Gasteiger partial charge in [0.25, 0.3) is 0 Å². The fourth-order valence-corrected chi connectivity index (χ4v) is 9.24. The molecule has 326 valence electrons. The number of aromatic nitrogens is 4. The van der Waals surface area contributed by atoms with Crippen LogP contribution in [0.3, 0.4) is 0 Å². The summed E-state index contributed by atoms with van der Waals surface area (Å²) in [7, 11) is 0. The summed E-state index contributed by atoms with van der Waals surface area (Å²) in [4.78, 5) is 18.7. The maximum absolute atomic E-state index is 9.91. The summed E-state index contributed by atoms with van der Waals surface area (Å²) in [6.45, 7) is 4.58. The number of nitrogens with one attached hydrogen (secondary N) is 2. The highest BCUT2D eigenvalue weighted by molar-refractivity contribution is 5.94. The first-order chi connectivity index (χ1) is 30.6. The Morgan fingerprint density at radius 2 is 0.710 bits per heavy atom. The standard InChI is InChI=1S/C56H70N4O2/c1-3-5-7-9-11-13-15-17-19-21-45-47-31-35-51(57-47)55(43-27-23-41(39-61)24-28-43)53-37-33-49(59-53)46(22-20-18-16-14-12-10-8-6-4-2)50-34-38-54(60-50)56(52-36-32-48(45)58-52)44-29-25-42(40-62)26-30-44/h23-38,57-58,61-62H,3-22,39-40H2,1-2H3. The van der Waals surface area contributed by atoms with Crippen molar-refractivity contribution < 1.29 is 10.2 Å². The smallest absolute Gasteiger partial charge is 0.0737 e. The lowest BCUT2D eigenvalue weighted by atomic mass is 10.0. The second-order valence-electron chi connectivity index (χ2n) is 17.6. The fraction of sp³-hybridized carbons (Fsp3) is 0.429. The van der Waals surface area contributed by atoms with E-state index < -0.39 is 0 Å². The summed E-state index contributed by atoms with van der Waals surface area (Å²) in [6.07, 6.45) is 33.6. The van der Waals surface area contributed by atoms with Crippen LogP contribution < -0.4 is 0 Å². The maximum atomic E-state index is 9.91. The van der Waals surface area contributed by atoms with Gasteiger partial charge in [-0.1, -0.05) is 165 Å². The van der Waals surface area contributed by atoms with Crippen LogP contribution in [0, 0.1) is 0 Å². The predicted octanol–water partition coefficient (Wildman–Crippen LogP) is 15.1. The number of rotatable bonds is 24. The van der Waals surface area contributed by atoms with Crippen LogP contribution in [0.25, 0.3) is 68.6 Å². The molecule has 7 rings (SSSR count). The number of H-pyrrole nitrogens is 2. The van der Waals surface area contributed by atoms with Crippen LogP contribution in [-0.4, -0.2) is 30.1 Å². The molecule has 0 fully saturated rings. The molecule has 0 unspecified atom stereocenters. The Balaban J connectivity index is 1.36. The monoisotopic (exact) mass is 831 g/mol. The Kier molecular flexibility index (Phi) is 17.0. The molecule has 62 heavy (non-hydrogen) atoms. The third-order valence-electron chi connectivity index (χ3n) is 12.9. The summed E-state index contributed by atoms with van der Waals surface area (Å²) in [6, 6.07) is 25.4. The van der Waals surface area contributed by atoms with E-state index >= 15 is 0 Å². The molecule has 6 nitrogen and oxygen atoms in total. The van der Waals surface area contributed by atoms with Gasteiger partial charge in [-0.2, -0.15) is 0 Å². The zero-order valence-corrected chi connectivity index (χ0v) is 37.6. The van der Waals surface area contributed by atoms with Gasteiger partial charge in [0.15, 0.2) is 0 Å². The average Bonchev–Trinajstić information content (AvgIpc) is 4.16. The minimum Gasteiger partial charge on any atom is -0.392 e. The minimum atomic E-state index is 0.00920. The van der Waals surface area contributed by atoms with Crippen LogP contribution in [-0.2, 0) is 26.1 Å². The van der Waals surface area contributed by atoms with E-state index in [1.165, 1.54) is 114 Å². The van der Waals surface area contributed by atoms with Gasteiger partial charge in [0.05, 0.1) is 36.0 Å². The molecule has 2 aliphatic rings. The normalized spacial score (nSPS) is 12.2. The van der Waals surface area contributed by atoms with Crippen molar-refractivity contribution in [2.45, 2.75) is 155 Å². The van der Waals surface area contributed by atoms with Crippen molar-refractivity contribution >= 4 is 46.4 Å². The zero-order chi connectivity index (χ0) is 42.9. The molecule has 6 heteroatoms. The van der Waals surface area contributed by atoms with Gasteiger partial charge in [-0.15, -0.1) is 0 Å². The lowest BCUT2D eigenvalue weighted by molar-refractivity contribution is 0.281. The van der Waals surface area contributed by atoms with Gasteiger partial charge in [0.1, 0.15) is 0 Å². The van der Waals surface area contributed by atoms with Gasteiger partial charge in [-0.05, 0) is 102 Å². The summed E-state index contributed by atoms with van der Waals surface area (Å²) < 4.78 is 0. The molecule has 0 saturated carbocycles. The number of benzene rings is 2. The van der Waals surface area contributed by atoms with E-state index in [1.807, 2.05) is 24.3 Å². The van der Waals surface area contributed by atoms with Gasteiger partial charge in [-0.3, -0.25) is 0 Å². The minimum absolute atomic E-state index is 0.00920. The molecule has 0 aliphatic carbocycles. The molecule has 0 atom stereocenters. The summed E-state index contributed by atoms with van der Waals surface area (Å²) in [5, 5.41) is 19.8. The number of aliphatic hydroxyl groups excluding tert-OH is 2.